The summed E-state index contributed by atoms with van der Waals surface area (Å²) in [7, 11) is 0. The number of hydrogen-bond acceptors (Lipinski definition) is 2. The Morgan fingerprint density at radius 1 is 1.50 bits per heavy atom. The number of rotatable bonds is 1. The second-order valence-corrected chi connectivity index (χ2v) is 3.77. The normalized spacial score (nSPS) is 17.7. The molecule has 5 heteroatoms. The smallest absolute Gasteiger partial charge is 0.320 e. The van der Waals surface area contributed by atoms with E-state index in [1.165, 1.54) is 6.92 Å². The summed E-state index contributed by atoms with van der Waals surface area (Å²) in [5.74, 6) is -0.453. The van der Waals surface area contributed by atoms with Crippen molar-refractivity contribution in [1.29, 1.82) is 0 Å². The van der Waals surface area contributed by atoms with Gasteiger partial charge in [-0.15, -0.1) is 11.6 Å². The van der Waals surface area contributed by atoms with Gasteiger partial charge in [0, 0.05) is 13.1 Å². The van der Waals surface area contributed by atoms with Gasteiger partial charge in [-0.3, -0.25) is 10.1 Å². The molecule has 78 valence electrons. The van der Waals surface area contributed by atoms with Crippen LogP contribution in [-0.4, -0.2) is 35.3 Å². The van der Waals surface area contributed by atoms with Crippen molar-refractivity contribution < 1.29 is 9.59 Å². The molecule has 1 atom stereocenters. The molecule has 0 aliphatic carbocycles. The Morgan fingerprint density at radius 3 is 2.71 bits per heavy atom. The monoisotopic (exact) mass is 216 g/mol. The van der Waals surface area contributed by atoms with Gasteiger partial charge in [0.05, 0.1) is 0 Å². The van der Waals surface area contributed by atoms with Crippen molar-refractivity contribution in [2.24, 2.45) is 0 Å². The SMILES string of the molecule is CC(Cl)C(=O)NC(=O)N1CC=CCC1. The van der Waals surface area contributed by atoms with E-state index < -0.39 is 11.3 Å². The number of nitrogens with zero attached hydrogens (tertiary/aromatic N) is 1. The number of amides is 3. The highest BCUT2D eigenvalue weighted by Crippen LogP contribution is 2.01. The zero-order valence-electron chi connectivity index (χ0n) is 8.00. The summed E-state index contributed by atoms with van der Waals surface area (Å²) >= 11 is 5.51. The Morgan fingerprint density at radius 2 is 2.21 bits per heavy atom. The lowest BCUT2D eigenvalue weighted by molar-refractivity contribution is -0.119. The number of carbonyl (C=O) groups is 2. The summed E-state index contributed by atoms with van der Waals surface area (Å²) in [5.41, 5.74) is 0. The molecule has 0 bridgehead atoms. The quantitative estimate of drug-likeness (QED) is 0.527. The fourth-order valence-electron chi connectivity index (χ4n) is 1.11. The lowest BCUT2D eigenvalue weighted by Gasteiger charge is -2.23. The van der Waals surface area contributed by atoms with Gasteiger partial charge in [0.2, 0.25) is 5.91 Å². The summed E-state index contributed by atoms with van der Waals surface area (Å²) in [6, 6.07) is -0.369. The molecule has 0 saturated heterocycles. The van der Waals surface area contributed by atoms with Crippen LogP contribution in [0.1, 0.15) is 13.3 Å². The zero-order chi connectivity index (χ0) is 10.6. The average Bonchev–Trinajstić information content (AvgIpc) is 2.19. The van der Waals surface area contributed by atoms with Crippen LogP contribution in [0.3, 0.4) is 0 Å². The van der Waals surface area contributed by atoms with Crippen molar-refractivity contribution in [1.82, 2.24) is 10.2 Å². The number of carbonyl (C=O) groups excluding carboxylic acids is 2. The molecule has 1 aliphatic heterocycles. The van der Waals surface area contributed by atoms with Gasteiger partial charge in [0.25, 0.3) is 0 Å². The number of halogens is 1. The maximum absolute atomic E-state index is 11.4. The third-order valence-corrected chi connectivity index (χ3v) is 2.13. The molecule has 0 spiro atoms. The van der Waals surface area contributed by atoms with Gasteiger partial charge in [-0.25, -0.2) is 4.79 Å². The average molecular weight is 217 g/mol. The van der Waals surface area contributed by atoms with E-state index in [1.54, 1.807) is 4.90 Å². The molecule has 3 amide bonds. The highest BCUT2D eigenvalue weighted by atomic mass is 35.5. The Hall–Kier alpha value is -1.03. The third kappa shape index (κ3) is 3.03. The first-order valence-corrected chi connectivity index (χ1v) is 4.93. The van der Waals surface area contributed by atoms with Crippen molar-refractivity contribution in [3.05, 3.63) is 12.2 Å². The van der Waals surface area contributed by atoms with Crippen molar-refractivity contribution in [2.75, 3.05) is 13.1 Å². The fraction of sp³-hybridized carbons (Fsp3) is 0.556. The molecule has 0 radical (unpaired) electrons. The van der Waals surface area contributed by atoms with E-state index in [1.807, 2.05) is 12.2 Å². The summed E-state index contributed by atoms with van der Waals surface area (Å²) in [6.07, 6.45) is 4.74. The Kier molecular flexibility index (Phi) is 3.95. The standard InChI is InChI=1S/C9H13ClN2O2/c1-7(10)8(13)11-9(14)12-5-3-2-4-6-12/h2-3,7H,4-6H2,1H3,(H,11,13,14). The first-order chi connectivity index (χ1) is 6.61. The number of nitrogens with one attached hydrogen (secondary N) is 1. The Bertz CT molecular complexity index is 264. The van der Waals surface area contributed by atoms with Gasteiger partial charge in [0.15, 0.2) is 0 Å². The lowest BCUT2D eigenvalue weighted by Crippen LogP contribution is -2.46. The van der Waals surface area contributed by atoms with Gasteiger partial charge in [-0.1, -0.05) is 12.2 Å². The van der Waals surface area contributed by atoms with E-state index in [2.05, 4.69) is 5.32 Å². The number of imide groups is 1. The third-order valence-electron chi connectivity index (χ3n) is 1.94. The van der Waals surface area contributed by atoms with E-state index in [0.717, 1.165) is 6.42 Å². The molecule has 0 aromatic rings. The predicted molar refractivity (Wildman–Crippen MR) is 54.2 cm³/mol. The highest BCUT2D eigenvalue weighted by molar-refractivity contribution is 6.31. The minimum Gasteiger partial charge on any atom is -0.320 e. The van der Waals surface area contributed by atoms with Crippen molar-refractivity contribution in [3.63, 3.8) is 0 Å². The van der Waals surface area contributed by atoms with Gasteiger partial charge in [0.1, 0.15) is 5.38 Å². The van der Waals surface area contributed by atoms with E-state index in [0.29, 0.717) is 13.1 Å². The molecule has 0 aromatic heterocycles. The Labute approximate surface area is 87.9 Å². The van der Waals surface area contributed by atoms with Crippen LogP contribution in [0, 0.1) is 0 Å². The van der Waals surface area contributed by atoms with Crippen LogP contribution in [0.15, 0.2) is 12.2 Å². The van der Waals surface area contributed by atoms with Crippen LogP contribution >= 0.6 is 11.6 Å². The lowest BCUT2D eigenvalue weighted by atomic mass is 10.3. The zero-order valence-corrected chi connectivity index (χ0v) is 8.75. The molecular formula is C9H13ClN2O2. The summed E-state index contributed by atoms with van der Waals surface area (Å²) in [6.45, 7) is 2.72. The Balaban J connectivity index is 2.41. The highest BCUT2D eigenvalue weighted by Gasteiger charge is 2.18. The molecule has 1 heterocycles. The van der Waals surface area contributed by atoms with Crippen LogP contribution in [0.25, 0.3) is 0 Å². The summed E-state index contributed by atoms with van der Waals surface area (Å²) < 4.78 is 0. The van der Waals surface area contributed by atoms with Crippen LogP contribution in [-0.2, 0) is 4.79 Å². The van der Waals surface area contributed by atoms with E-state index >= 15 is 0 Å². The molecule has 0 aromatic carbocycles. The topological polar surface area (TPSA) is 49.4 Å². The minimum absolute atomic E-state index is 0.369. The van der Waals surface area contributed by atoms with Gasteiger partial charge < -0.3 is 4.90 Å². The summed E-state index contributed by atoms with van der Waals surface area (Å²) in [5, 5.41) is 1.55. The van der Waals surface area contributed by atoms with Gasteiger partial charge in [-0.05, 0) is 13.3 Å². The predicted octanol–water partition coefficient (Wildman–Crippen LogP) is 1.11. The molecular weight excluding hydrogens is 204 g/mol. The van der Waals surface area contributed by atoms with E-state index in [4.69, 9.17) is 11.6 Å². The molecule has 1 unspecified atom stereocenters. The number of hydrogen-bond donors (Lipinski definition) is 1. The van der Waals surface area contributed by atoms with Crippen LogP contribution in [0.4, 0.5) is 4.79 Å². The van der Waals surface area contributed by atoms with Crippen molar-refractivity contribution >= 4 is 23.5 Å². The van der Waals surface area contributed by atoms with Crippen LogP contribution < -0.4 is 5.32 Å². The molecule has 1 aliphatic rings. The van der Waals surface area contributed by atoms with Crippen molar-refractivity contribution in [3.8, 4) is 0 Å². The molecule has 1 rings (SSSR count). The number of alkyl halides is 1. The molecule has 0 saturated carbocycles. The minimum atomic E-state index is -0.681. The second-order valence-electron chi connectivity index (χ2n) is 3.12. The molecule has 1 N–H and O–H groups in total. The second kappa shape index (κ2) is 5.00. The maximum atomic E-state index is 11.4. The number of urea groups is 1. The van der Waals surface area contributed by atoms with Crippen molar-refractivity contribution in [2.45, 2.75) is 18.7 Å². The molecule has 4 nitrogen and oxygen atoms in total. The van der Waals surface area contributed by atoms with Crippen LogP contribution in [0.2, 0.25) is 0 Å². The van der Waals surface area contributed by atoms with Gasteiger partial charge in [-0.2, -0.15) is 0 Å². The fourth-order valence-corrected chi connectivity index (χ4v) is 1.16. The first-order valence-electron chi connectivity index (χ1n) is 4.50. The van der Waals surface area contributed by atoms with E-state index in [-0.39, 0.29) is 6.03 Å². The summed E-state index contributed by atoms with van der Waals surface area (Å²) in [4.78, 5) is 24.1. The maximum Gasteiger partial charge on any atom is 0.324 e. The van der Waals surface area contributed by atoms with Crippen LogP contribution in [0.5, 0.6) is 0 Å². The first kappa shape index (κ1) is 11.0. The molecule has 0 fully saturated rings. The largest absolute Gasteiger partial charge is 0.324 e. The van der Waals surface area contributed by atoms with Gasteiger partial charge >= 0.3 is 6.03 Å². The van der Waals surface area contributed by atoms with E-state index in [9.17, 15) is 9.59 Å². The molecule has 14 heavy (non-hydrogen) atoms.